The molecule has 2 unspecified atom stereocenters. The fourth-order valence-electron chi connectivity index (χ4n) is 1.63. The van der Waals surface area contributed by atoms with Crippen molar-refractivity contribution in [2.24, 2.45) is 0 Å². The van der Waals surface area contributed by atoms with Crippen molar-refractivity contribution >= 4 is 9.84 Å². The van der Waals surface area contributed by atoms with Crippen molar-refractivity contribution in [2.75, 3.05) is 5.75 Å². The van der Waals surface area contributed by atoms with Crippen LogP contribution in [-0.2, 0) is 9.84 Å². The van der Waals surface area contributed by atoms with Crippen LogP contribution in [0.2, 0.25) is 0 Å². The fourth-order valence-corrected chi connectivity index (χ4v) is 2.70. The number of hydrogen-bond donors (Lipinski definition) is 1. The molecule has 90 valence electrons. The summed E-state index contributed by atoms with van der Waals surface area (Å²) >= 11 is 0. The average Bonchev–Trinajstić information content (AvgIpc) is 2.27. The van der Waals surface area contributed by atoms with Gasteiger partial charge in [-0.15, -0.1) is 0 Å². The Balaban J connectivity index is 3.04. The van der Waals surface area contributed by atoms with Gasteiger partial charge in [0.05, 0.1) is 11.4 Å². The summed E-state index contributed by atoms with van der Waals surface area (Å²) in [6.45, 7) is 5.01. The van der Waals surface area contributed by atoms with Crippen LogP contribution < -0.4 is 0 Å². The third-order valence-electron chi connectivity index (χ3n) is 2.92. The Morgan fingerprint density at radius 1 is 1.31 bits per heavy atom. The molecule has 0 aliphatic carbocycles. The van der Waals surface area contributed by atoms with Gasteiger partial charge in [-0.1, -0.05) is 31.2 Å². The van der Waals surface area contributed by atoms with Gasteiger partial charge in [0.1, 0.15) is 0 Å². The van der Waals surface area contributed by atoms with Crippen LogP contribution >= 0.6 is 0 Å². The minimum Gasteiger partial charge on any atom is -0.387 e. The molecule has 0 spiro atoms. The quantitative estimate of drug-likeness (QED) is 0.876. The van der Waals surface area contributed by atoms with Gasteiger partial charge in [0.25, 0.3) is 0 Å². The fraction of sp³-hybridized carbons (Fsp3) is 0.500. The molecule has 4 heteroatoms. The van der Waals surface area contributed by atoms with Gasteiger partial charge in [-0.3, -0.25) is 0 Å². The summed E-state index contributed by atoms with van der Waals surface area (Å²) in [5, 5.41) is 9.29. The molecule has 0 saturated heterocycles. The highest BCUT2D eigenvalue weighted by Crippen LogP contribution is 2.24. The molecule has 1 aromatic carbocycles. The molecule has 0 aromatic heterocycles. The van der Waals surface area contributed by atoms with E-state index < -0.39 is 21.2 Å². The maximum Gasteiger partial charge on any atom is 0.155 e. The first-order valence-electron chi connectivity index (χ1n) is 5.35. The molecule has 16 heavy (non-hydrogen) atoms. The molecule has 0 saturated carbocycles. The number of benzene rings is 1. The van der Waals surface area contributed by atoms with E-state index in [4.69, 9.17) is 0 Å². The summed E-state index contributed by atoms with van der Waals surface area (Å²) in [5.41, 5.74) is 1.60. The van der Waals surface area contributed by atoms with E-state index >= 15 is 0 Å². The number of aliphatic hydroxyl groups is 1. The first-order chi connectivity index (χ1) is 7.40. The predicted octanol–water partition coefficient (Wildman–Crippen LogP) is 1.85. The van der Waals surface area contributed by atoms with E-state index in [1.165, 1.54) is 0 Å². The van der Waals surface area contributed by atoms with Crippen molar-refractivity contribution in [3.05, 3.63) is 35.4 Å². The SMILES string of the molecule is CCS(=O)(=O)C(C)C(O)c1ccccc1C. The van der Waals surface area contributed by atoms with Crippen molar-refractivity contribution in [1.29, 1.82) is 0 Å². The second-order valence-electron chi connectivity index (χ2n) is 3.96. The zero-order chi connectivity index (χ0) is 12.3. The molecule has 1 rings (SSSR count). The molecule has 0 aliphatic heterocycles. The lowest BCUT2D eigenvalue weighted by Gasteiger charge is -2.20. The lowest BCUT2D eigenvalue weighted by atomic mass is 10.0. The number of aryl methyl sites for hydroxylation is 1. The Morgan fingerprint density at radius 3 is 2.38 bits per heavy atom. The van der Waals surface area contributed by atoms with Gasteiger partial charge in [0, 0.05) is 5.75 Å². The van der Waals surface area contributed by atoms with Crippen LogP contribution in [0.4, 0.5) is 0 Å². The Kier molecular flexibility index (Phi) is 4.10. The van der Waals surface area contributed by atoms with E-state index in [0.717, 1.165) is 5.56 Å². The maximum absolute atomic E-state index is 11.7. The van der Waals surface area contributed by atoms with Crippen molar-refractivity contribution in [2.45, 2.75) is 32.1 Å². The zero-order valence-corrected chi connectivity index (χ0v) is 10.7. The minimum absolute atomic E-state index is 0.0527. The van der Waals surface area contributed by atoms with Gasteiger partial charge < -0.3 is 5.11 Å². The average molecular weight is 242 g/mol. The van der Waals surface area contributed by atoms with E-state index in [-0.39, 0.29) is 5.75 Å². The molecular weight excluding hydrogens is 224 g/mol. The van der Waals surface area contributed by atoms with Crippen LogP contribution in [0, 0.1) is 6.92 Å². The summed E-state index contributed by atoms with van der Waals surface area (Å²) < 4.78 is 23.3. The third-order valence-corrected chi connectivity index (χ3v) is 5.12. The molecule has 1 N–H and O–H groups in total. The summed E-state index contributed by atoms with van der Waals surface area (Å²) in [7, 11) is -3.21. The highest BCUT2D eigenvalue weighted by molar-refractivity contribution is 7.92. The molecule has 3 nitrogen and oxygen atoms in total. The van der Waals surface area contributed by atoms with Gasteiger partial charge in [-0.2, -0.15) is 0 Å². The highest BCUT2D eigenvalue weighted by atomic mass is 32.2. The lowest BCUT2D eigenvalue weighted by Crippen LogP contribution is -2.27. The van der Waals surface area contributed by atoms with Crippen molar-refractivity contribution in [1.82, 2.24) is 0 Å². The zero-order valence-electron chi connectivity index (χ0n) is 9.84. The first-order valence-corrected chi connectivity index (χ1v) is 7.07. The lowest BCUT2D eigenvalue weighted by molar-refractivity contribution is 0.175. The Hall–Kier alpha value is -0.870. The van der Waals surface area contributed by atoms with Crippen LogP contribution in [0.3, 0.4) is 0 Å². The molecule has 0 amide bonds. The maximum atomic E-state index is 11.7. The number of rotatable bonds is 4. The van der Waals surface area contributed by atoms with Crippen molar-refractivity contribution in [3.8, 4) is 0 Å². The second-order valence-corrected chi connectivity index (χ2v) is 6.60. The number of sulfone groups is 1. The summed E-state index contributed by atoms with van der Waals surface area (Å²) in [6, 6.07) is 7.30. The predicted molar refractivity (Wildman–Crippen MR) is 65.1 cm³/mol. The molecule has 2 atom stereocenters. The van der Waals surface area contributed by atoms with Gasteiger partial charge in [0.15, 0.2) is 9.84 Å². The van der Waals surface area contributed by atoms with Crippen LogP contribution in [0.5, 0.6) is 0 Å². The summed E-state index contributed by atoms with van der Waals surface area (Å²) in [5.74, 6) is 0.0527. The van der Waals surface area contributed by atoms with Crippen molar-refractivity contribution < 1.29 is 13.5 Å². The monoisotopic (exact) mass is 242 g/mol. The standard InChI is InChI=1S/C12H18O3S/c1-4-16(14,15)10(3)12(13)11-8-6-5-7-9(11)2/h5-8,10,12-13H,4H2,1-3H3. The normalized spacial score (nSPS) is 15.8. The molecular formula is C12H18O3S. The van der Waals surface area contributed by atoms with Crippen LogP contribution in [0.15, 0.2) is 24.3 Å². The topological polar surface area (TPSA) is 54.4 Å². The number of aliphatic hydroxyl groups excluding tert-OH is 1. The third kappa shape index (κ3) is 2.62. The van der Waals surface area contributed by atoms with Gasteiger partial charge in [-0.25, -0.2) is 8.42 Å². The molecule has 0 radical (unpaired) electrons. The first kappa shape index (κ1) is 13.2. The summed E-state index contributed by atoms with van der Waals surface area (Å²) in [4.78, 5) is 0. The van der Waals surface area contributed by atoms with E-state index in [2.05, 4.69) is 0 Å². The van der Waals surface area contributed by atoms with E-state index in [9.17, 15) is 13.5 Å². The van der Waals surface area contributed by atoms with Crippen LogP contribution in [0.25, 0.3) is 0 Å². The molecule has 0 aliphatic rings. The van der Waals surface area contributed by atoms with Gasteiger partial charge >= 0.3 is 0 Å². The van der Waals surface area contributed by atoms with E-state index in [0.29, 0.717) is 5.56 Å². The van der Waals surface area contributed by atoms with Crippen LogP contribution in [0.1, 0.15) is 31.1 Å². The largest absolute Gasteiger partial charge is 0.387 e. The Bertz CT molecular complexity index is 451. The Morgan fingerprint density at radius 2 is 1.88 bits per heavy atom. The van der Waals surface area contributed by atoms with Gasteiger partial charge in [-0.05, 0) is 25.0 Å². The summed E-state index contributed by atoms with van der Waals surface area (Å²) in [6.07, 6.45) is -0.953. The smallest absolute Gasteiger partial charge is 0.155 e. The number of hydrogen-bond acceptors (Lipinski definition) is 3. The van der Waals surface area contributed by atoms with E-state index in [1.54, 1.807) is 26.0 Å². The molecule has 0 heterocycles. The molecule has 1 aromatic rings. The molecule has 0 fully saturated rings. The minimum atomic E-state index is -3.21. The van der Waals surface area contributed by atoms with Gasteiger partial charge in [0.2, 0.25) is 0 Å². The molecule has 0 bridgehead atoms. The van der Waals surface area contributed by atoms with Crippen LogP contribution in [-0.4, -0.2) is 24.5 Å². The van der Waals surface area contributed by atoms with E-state index in [1.807, 2.05) is 19.1 Å². The Labute approximate surface area is 97.0 Å². The van der Waals surface area contributed by atoms with Crippen molar-refractivity contribution in [3.63, 3.8) is 0 Å². The highest BCUT2D eigenvalue weighted by Gasteiger charge is 2.28. The second kappa shape index (κ2) is 4.97.